The van der Waals surface area contributed by atoms with E-state index < -0.39 is 6.17 Å². The van der Waals surface area contributed by atoms with Crippen molar-refractivity contribution in [1.29, 1.82) is 0 Å². The van der Waals surface area contributed by atoms with Gasteiger partial charge in [-0.3, -0.25) is 4.79 Å². The maximum atomic E-state index is 12.8. The first-order valence-corrected chi connectivity index (χ1v) is 7.29. The number of benzene rings is 2. The van der Waals surface area contributed by atoms with E-state index in [-0.39, 0.29) is 17.4 Å². The topological polar surface area (TPSA) is 82.0 Å². The molecule has 0 aliphatic carbocycles. The monoisotopic (exact) mass is 314 g/mol. The average molecular weight is 314 g/mol. The molecule has 0 bridgehead atoms. The number of phenolic OH excluding ortho intramolecular Hbond substituents is 2. The SMILES string of the molecule is COCCN1C(=O)c2ccccc2N[C@H]1c1ccc(O)c(O)c1. The lowest BCUT2D eigenvalue weighted by molar-refractivity contribution is 0.0609. The van der Waals surface area contributed by atoms with Crippen LogP contribution in [-0.4, -0.2) is 41.3 Å². The third-order valence-electron chi connectivity index (χ3n) is 3.87. The van der Waals surface area contributed by atoms with Gasteiger partial charge in [-0.2, -0.15) is 0 Å². The van der Waals surface area contributed by atoms with Gasteiger partial charge in [-0.05, 0) is 29.8 Å². The van der Waals surface area contributed by atoms with Gasteiger partial charge >= 0.3 is 0 Å². The Kier molecular flexibility index (Phi) is 4.08. The van der Waals surface area contributed by atoms with Crippen molar-refractivity contribution in [3.05, 3.63) is 53.6 Å². The molecular weight excluding hydrogens is 296 g/mol. The van der Waals surface area contributed by atoms with E-state index in [0.717, 1.165) is 5.69 Å². The molecule has 1 atom stereocenters. The number of phenols is 2. The number of rotatable bonds is 4. The Morgan fingerprint density at radius 1 is 1.17 bits per heavy atom. The first-order valence-electron chi connectivity index (χ1n) is 7.29. The van der Waals surface area contributed by atoms with Crippen LogP contribution in [0.5, 0.6) is 11.5 Å². The van der Waals surface area contributed by atoms with E-state index in [2.05, 4.69) is 5.32 Å². The summed E-state index contributed by atoms with van der Waals surface area (Å²) in [6, 6.07) is 11.8. The molecule has 6 nitrogen and oxygen atoms in total. The zero-order valence-corrected chi connectivity index (χ0v) is 12.7. The number of amides is 1. The van der Waals surface area contributed by atoms with Crippen molar-refractivity contribution in [2.75, 3.05) is 25.6 Å². The van der Waals surface area contributed by atoms with Crippen molar-refractivity contribution in [2.45, 2.75) is 6.17 Å². The molecule has 3 N–H and O–H groups in total. The molecule has 23 heavy (non-hydrogen) atoms. The van der Waals surface area contributed by atoms with Crippen molar-refractivity contribution in [2.24, 2.45) is 0 Å². The highest BCUT2D eigenvalue weighted by Gasteiger charge is 2.32. The Hall–Kier alpha value is -2.73. The van der Waals surface area contributed by atoms with Gasteiger partial charge in [0.15, 0.2) is 11.5 Å². The minimum atomic E-state index is -0.445. The fourth-order valence-electron chi connectivity index (χ4n) is 2.69. The third kappa shape index (κ3) is 2.80. The summed E-state index contributed by atoms with van der Waals surface area (Å²) in [7, 11) is 1.58. The van der Waals surface area contributed by atoms with Crippen molar-refractivity contribution < 1.29 is 19.7 Å². The molecule has 0 aromatic heterocycles. The maximum absolute atomic E-state index is 12.8. The van der Waals surface area contributed by atoms with Crippen LogP contribution in [-0.2, 0) is 4.74 Å². The summed E-state index contributed by atoms with van der Waals surface area (Å²) < 4.78 is 5.10. The number of carbonyl (C=O) groups excluding carboxylic acids is 1. The second-order valence-corrected chi connectivity index (χ2v) is 5.33. The van der Waals surface area contributed by atoms with Crippen LogP contribution < -0.4 is 5.32 Å². The van der Waals surface area contributed by atoms with Crippen molar-refractivity contribution in [1.82, 2.24) is 4.90 Å². The molecule has 0 radical (unpaired) electrons. The van der Waals surface area contributed by atoms with Crippen LogP contribution in [0.2, 0.25) is 0 Å². The number of anilines is 1. The van der Waals surface area contributed by atoms with Gasteiger partial charge in [0.1, 0.15) is 6.17 Å². The van der Waals surface area contributed by atoms with Crippen molar-refractivity contribution in [3.63, 3.8) is 0 Å². The number of nitrogens with zero attached hydrogens (tertiary/aromatic N) is 1. The fraction of sp³-hybridized carbons (Fsp3) is 0.235. The second kappa shape index (κ2) is 6.18. The number of aromatic hydroxyl groups is 2. The Bertz CT molecular complexity index is 732. The Morgan fingerprint density at radius 2 is 1.96 bits per heavy atom. The number of methoxy groups -OCH3 is 1. The standard InChI is InChI=1S/C17H18N2O4/c1-23-9-8-19-16(11-6-7-14(20)15(21)10-11)18-13-5-3-2-4-12(13)17(19)22/h2-7,10,16,18,20-21H,8-9H2,1H3/t16-/m1/s1. The van der Waals surface area contributed by atoms with Gasteiger partial charge in [0.25, 0.3) is 5.91 Å². The lowest BCUT2D eigenvalue weighted by Crippen LogP contribution is -2.44. The summed E-state index contributed by atoms with van der Waals surface area (Å²) in [4.78, 5) is 14.4. The minimum Gasteiger partial charge on any atom is -0.504 e. The first kappa shape index (κ1) is 15.2. The maximum Gasteiger partial charge on any atom is 0.257 e. The predicted octanol–water partition coefficient (Wildman–Crippen LogP) is 2.31. The van der Waals surface area contributed by atoms with Gasteiger partial charge in [-0.1, -0.05) is 18.2 Å². The predicted molar refractivity (Wildman–Crippen MR) is 85.5 cm³/mol. The van der Waals surface area contributed by atoms with Gasteiger partial charge in [-0.15, -0.1) is 0 Å². The Balaban J connectivity index is 2.01. The van der Waals surface area contributed by atoms with Crippen LogP contribution in [0.15, 0.2) is 42.5 Å². The quantitative estimate of drug-likeness (QED) is 0.755. The van der Waals surface area contributed by atoms with E-state index in [1.165, 1.54) is 12.1 Å². The Morgan fingerprint density at radius 3 is 2.70 bits per heavy atom. The molecule has 3 rings (SSSR count). The number of hydrogen-bond donors (Lipinski definition) is 3. The smallest absolute Gasteiger partial charge is 0.257 e. The van der Waals surface area contributed by atoms with E-state index in [9.17, 15) is 15.0 Å². The first-order chi connectivity index (χ1) is 11.1. The summed E-state index contributed by atoms with van der Waals surface area (Å²) in [6.07, 6.45) is -0.445. The number of hydrogen-bond acceptors (Lipinski definition) is 5. The van der Waals surface area contributed by atoms with Crippen LogP contribution in [0, 0.1) is 0 Å². The van der Waals surface area contributed by atoms with E-state index in [4.69, 9.17) is 4.74 Å². The summed E-state index contributed by atoms with van der Waals surface area (Å²) in [5, 5.41) is 22.5. The molecule has 2 aromatic carbocycles. The number of para-hydroxylation sites is 1. The number of carbonyl (C=O) groups is 1. The lowest BCUT2D eigenvalue weighted by Gasteiger charge is -2.38. The van der Waals surface area contributed by atoms with Crippen LogP contribution in [0.25, 0.3) is 0 Å². The van der Waals surface area contributed by atoms with E-state index >= 15 is 0 Å². The number of fused-ring (bicyclic) bond motifs is 1. The molecule has 0 unspecified atom stereocenters. The molecule has 1 aliphatic heterocycles. The molecule has 0 saturated heterocycles. The van der Waals surface area contributed by atoms with E-state index in [0.29, 0.717) is 24.3 Å². The highest BCUT2D eigenvalue weighted by Crippen LogP contribution is 2.35. The van der Waals surface area contributed by atoms with E-state index in [1.807, 2.05) is 18.2 Å². The molecule has 0 spiro atoms. The molecule has 1 amide bonds. The van der Waals surface area contributed by atoms with Gasteiger partial charge in [0.2, 0.25) is 0 Å². The van der Waals surface area contributed by atoms with Crippen LogP contribution in [0.1, 0.15) is 22.1 Å². The van der Waals surface area contributed by atoms with Crippen molar-refractivity contribution >= 4 is 11.6 Å². The summed E-state index contributed by atoms with van der Waals surface area (Å²) in [5.74, 6) is -0.518. The average Bonchev–Trinajstić information content (AvgIpc) is 2.56. The van der Waals surface area contributed by atoms with Gasteiger partial charge in [0.05, 0.1) is 12.2 Å². The zero-order valence-electron chi connectivity index (χ0n) is 12.7. The molecule has 6 heteroatoms. The molecule has 1 heterocycles. The zero-order chi connectivity index (χ0) is 16.4. The van der Waals surface area contributed by atoms with Gasteiger partial charge in [-0.25, -0.2) is 0 Å². The third-order valence-corrected chi connectivity index (χ3v) is 3.87. The van der Waals surface area contributed by atoms with Crippen LogP contribution in [0.3, 0.4) is 0 Å². The van der Waals surface area contributed by atoms with Crippen LogP contribution in [0.4, 0.5) is 5.69 Å². The van der Waals surface area contributed by atoms with E-state index in [1.54, 1.807) is 24.1 Å². The largest absolute Gasteiger partial charge is 0.504 e. The normalized spacial score (nSPS) is 16.8. The minimum absolute atomic E-state index is 0.103. The molecule has 120 valence electrons. The molecule has 0 fully saturated rings. The van der Waals surface area contributed by atoms with Crippen molar-refractivity contribution in [3.8, 4) is 11.5 Å². The molecule has 1 aliphatic rings. The summed E-state index contributed by atoms with van der Waals surface area (Å²) >= 11 is 0. The molecular formula is C17H18N2O4. The summed E-state index contributed by atoms with van der Waals surface area (Å²) in [5.41, 5.74) is 2.02. The van der Waals surface area contributed by atoms with Gasteiger partial charge < -0.3 is 25.2 Å². The lowest BCUT2D eigenvalue weighted by atomic mass is 10.0. The highest BCUT2D eigenvalue weighted by atomic mass is 16.5. The number of nitrogens with one attached hydrogen (secondary N) is 1. The highest BCUT2D eigenvalue weighted by molar-refractivity contribution is 6.01. The van der Waals surface area contributed by atoms with Crippen LogP contribution >= 0.6 is 0 Å². The fourth-order valence-corrected chi connectivity index (χ4v) is 2.69. The molecule has 2 aromatic rings. The molecule has 0 saturated carbocycles. The number of ether oxygens (including phenoxy) is 1. The second-order valence-electron chi connectivity index (χ2n) is 5.33. The Labute approximate surface area is 133 Å². The summed E-state index contributed by atoms with van der Waals surface area (Å²) in [6.45, 7) is 0.805. The van der Waals surface area contributed by atoms with Gasteiger partial charge in [0, 0.05) is 19.3 Å².